The quantitative estimate of drug-likeness (QED) is 0.708. The molecule has 0 saturated heterocycles. The van der Waals surface area contributed by atoms with Gasteiger partial charge in [-0.3, -0.25) is 14.5 Å². The van der Waals surface area contributed by atoms with Crippen LogP contribution in [0.15, 0.2) is 18.3 Å². The lowest BCUT2D eigenvalue weighted by Gasteiger charge is -2.14. The molecule has 0 aromatic carbocycles. The largest absolute Gasteiger partial charge is 0.358 e. The zero-order valence-corrected chi connectivity index (χ0v) is 9.86. The molecule has 0 aliphatic carbocycles. The number of hydrogen-bond acceptors (Lipinski definition) is 3. The molecule has 0 radical (unpaired) electrons. The summed E-state index contributed by atoms with van der Waals surface area (Å²) < 4.78 is 1.77. The van der Waals surface area contributed by atoms with Crippen molar-refractivity contribution in [3.63, 3.8) is 0 Å². The monoisotopic (exact) mass is 223 g/mol. The van der Waals surface area contributed by atoms with Crippen molar-refractivity contribution in [2.24, 2.45) is 7.05 Å². The van der Waals surface area contributed by atoms with Crippen LogP contribution in [0.25, 0.3) is 0 Å². The standard InChI is InChI=1S/C11H17N3O2/c1-12-11(16)8-13(2)7-10(15)9-5-4-6-14(9)3/h4-6H,7-8H2,1-3H3,(H,12,16). The summed E-state index contributed by atoms with van der Waals surface area (Å²) >= 11 is 0. The van der Waals surface area contributed by atoms with E-state index >= 15 is 0 Å². The second-order valence-electron chi connectivity index (χ2n) is 3.77. The molecule has 0 unspecified atom stereocenters. The molecule has 5 heteroatoms. The summed E-state index contributed by atoms with van der Waals surface area (Å²) in [7, 11) is 5.15. The number of nitrogens with zero attached hydrogens (tertiary/aromatic N) is 2. The highest BCUT2D eigenvalue weighted by molar-refractivity contribution is 5.96. The van der Waals surface area contributed by atoms with Crippen LogP contribution >= 0.6 is 0 Å². The van der Waals surface area contributed by atoms with Crippen LogP contribution in [0.4, 0.5) is 0 Å². The Labute approximate surface area is 95.0 Å². The average Bonchev–Trinajstić information content (AvgIpc) is 2.63. The van der Waals surface area contributed by atoms with E-state index in [0.717, 1.165) is 0 Å². The number of carbonyl (C=O) groups excluding carboxylic acids is 2. The van der Waals surface area contributed by atoms with E-state index in [9.17, 15) is 9.59 Å². The van der Waals surface area contributed by atoms with Gasteiger partial charge in [0.1, 0.15) is 0 Å². The van der Waals surface area contributed by atoms with Gasteiger partial charge in [0, 0.05) is 20.3 Å². The molecule has 1 N–H and O–H groups in total. The molecule has 0 fully saturated rings. The van der Waals surface area contributed by atoms with E-state index in [0.29, 0.717) is 5.69 Å². The molecule has 1 aromatic heterocycles. The third-order valence-electron chi connectivity index (χ3n) is 2.34. The van der Waals surface area contributed by atoms with Gasteiger partial charge in [-0.25, -0.2) is 0 Å². The van der Waals surface area contributed by atoms with Crippen molar-refractivity contribution in [3.8, 4) is 0 Å². The fourth-order valence-corrected chi connectivity index (χ4v) is 1.46. The van der Waals surface area contributed by atoms with Gasteiger partial charge < -0.3 is 9.88 Å². The van der Waals surface area contributed by atoms with Crippen LogP contribution in [-0.4, -0.2) is 48.3 Å². The first kappa shape index (κ1) is 12.4. The molecule has 1 aromatic rings. The molecule has 0 spiro atoms. The minimum absolute atomic E-state index is 0.0129. The lowest BCUT2D eigenvalue weighted by atomic mass is 10.2. The summed E-state index contributed by atoms with van der Waals surface area (Å²) in [5, 5.41) is 2.52. The van der Waals surface area contributed by atoms with Gasteiger partial charge in [0.2, 0.25) is 5.91 Å². The first-order valence-electron chi connectivity index (χ1n) is 5.08. The maximum atomic E-state index is 11.8. The molecule has 5 nitrogen and oxygen atoms in total. The Morgan fingerprint density at radius 3 is 2.62 bits per heavy atom. The number of carbonyl (C=O) groups is 2. The first-order chi connectivity index (χ1) is 7.54. The molecule has 16 heavy (non-hydrogen) atoms. The van der Waals surface area contributed by atoms with Crippen LogP contribution < -0.4 is 5.32 Å². The summed E-state index contributed by atoms with van der Waals surface area (Å²) in [6.07, 6.45) is 1.83. The zero-order chi connectivity index (χ0) is 12.1. The predicted octanol–water partition coefficient (Wildman–Crippen LogP) is -0.114. The van der Waals surface area contributed by atoms with Gasteiger partial charge in [0.05, 0.1) is 18.8 Å². The molecule has 0 bridgehead atoms. The fourth-order valence-electron chi connectivity index (χ4n) is 1.46. The van der Waals surface area contributed by atoms with Crippen LogP contribution in [0.2, 0.25) is 0 Å². The molecule has 1 heterocycles. The normalized spacial score (nSPS) is 10.5. The summed E-state index contributed by atoms with van der Waals surface area (Å²) in [4.78, 5) is 24.6. The summed E-state index contributed by atoms with van der Waals surface area (Å²) in [5.74, 6) is -0.0823. The van der Waals surface area contributed by atoms with Crippen LogP contribution in [0, 0.1) is 0 Å². The van der Waals surface area contributed by atoms with Gasteiger partial charge >= 0.3 is 0 Å². The number of aryl methyl sites for hydroxylation is 1. The van der Waals surface area contributed by atoms with Gasteiger partial charge in [-0.15, -0.1) is 0 Å². The number of aromatic nitrogens is 1. The average molecular weight is 223 g/mol. The highest BCUT2D eigenvalue weighted by atomic mass is 16.2. The number of Topliss-reactive ketones (excluding diaryl/α,β-unsaturated/α-hetero) is 1. The van der Waals surface area contributed by atoms with E-state index in [-0.39, 0.29) is 24.8 Å². The zero-order valence-electron chi connectivity index (χ0n) is 9.86. The van der Waals surface area contributed by atoms with E-state index in [4.69, 9.17) is 0 Å². The maximum Gasteiger partial charge on any atom is 0.233 e. The number of ketones is 1. The van der Waals surface area contributed by atoms with Crippen molar-refractivity contribution < 1.29 is 9.59 Å². The molecule has 0 aliphatic heterocycles. The van der Waals surface area contributed by atoms with E-state index < -0.39 is 0 Å². The molecule has 1 amide bonds. The van der Waals surface area contributed by atoms with Gasteiger partial charge in [-0.1, -0.05) is 0 Å². The first-order valence-corrected chi connectivity index (χ1v) is 5.08. The summed E-state index contributed by atoms with van der Waals surface area (Å²) in [5.41, 5.74) is 0.656. The third-order valence-corrected chi connectivity index (χ3v) is 2.34. The van der Waals surface area contributed by atoms with Crippen molar-refractivity contribution in [1.82, 2.24) is 14.8 Å². The highest BCUT2D eigenvalue weighted by Gasteiger charge is 2.13. The lowest BCUT2D eigenvalue weighted by Crippen LogP contribution is -2.36. The second-order valence-corrected chi connectivity index (χ2v) is 3.77. The van der Waals surface area contributed by atoms with Crippen molar-refractivity contribution >= 4 is 11.7 Å². The Balaban J connectivity index is 2.52. The number of likely N-dealkylation sites (N-methyl/N-ethyl adjacent to an activating group) is 2. The summed E-state index contributed by atoms with van der Waals surface area (Å²) in [6, 6.07) is 3.60. The summed E-state index contributed by atoms with van der Waals surface area (Å²) in [6.45, 7) is 0.470. The number of hydrogen-bond donors (Lipinski definition) is 1. The van der Waals surface area contributed by atoms with Crippen LogP contribution in [0.1, 0.15) is 10.5 Å². The van der Waals surface area contributed by atoms with Crippen molar-refractivity contribution in [3.05, 3.63) is 24.0 Å². The molecule has 1 rings (SSSR count). The molecule has 0 atom stereocenters. The van der Waals surface area contributed by atoms with Gasteiger partial charge in [0.25, 0.3) is 0 Å². The maximum absolute atomic E-state index is 11.8. The number of amides is 1. The Kier molecular flexibility index (Phi) is 4.25. The van der Waals surface area contributed by atoms with E-state index in [1.165, 1.54) is 0 Å². The third kappa shape index (κ3) is 3.20. The SMILES string of the molecule is CNC(=O)CN(C)CC(=O)c1cccn1C. The fraction of sp³-hybridized carbons (Fsp3) is 0.455. The van der Waals surface area contributed by atoms with Gasteiger partial charge in [-0.2, -0.15) is 0 Å². The molecule has 88 valence electrons. The molecular weight excluding hydrogens is 206 g/mol. The van der Waals surface area contributed by atoms with Crippen molar-refractivity contribution in [2.45, 2.75) is 0 Å². The Bertz CT molecular complexity index is 384. The minimum atomic E-state index is -0.0952. The van der Waals surface area contributed by atoms with Crippen LogP contribution in [-0.2, 0) is 11.8 Å². The molecule has 0 aliphatic rings. The van der Waals surface area contributed by atoms with Crippen molar-refractivity contribution in [2.75, 3.05) is 27.2 Å². The molecule has 0 saturated carbocycles. The number of nitrogens with one attached hydrogen (secondary N) is 1. The van der Waals surface area contributed by atoms with E-state index in [1.54, 1.807) is 29.6 Å². The minimum Gasteiger partial charge on any atom is -0.358 e. The van der Waals surface area contributed by atoms with Gasteiger partial charge in [0.15, 0.2) is 5.78 Å². The van der Waals surface area contributed by atoms with Crippen LogP contribution in [0.5, 0.6) is 0 Å². The molecular formula is C11H17N3O2. The Hall–Kier alpha value is -1.62. The van der Waals surface area contributed by atoms with E-state index in [2.05, 4.69) is 5.32 Å². The van der Waals surface area contributed by atoms with Gasteiger partial charge in [-0.05, 0) is 19.2 Å². The second kappa shape index (κ2) is 5.46. The Morgan fingerprint density at radius 2 is 2.12 bits per heavy atom. The smallest absolute Gasteiger partial charge is 0.233 e. The highest BCUT2D eigenvalue weighted by Crippen LogP contribution is 2.01. The van der Waals surface area contributed by atoms with E-state index in [1.807, 2.05) is 19.3 Å². The topological polar surface area (TPSA) is 54.3 Å². The Morgan fingerprint density at radius 1 is 1.44 bits per heavy atom. The lowest BCUT2D eigenvalue weighted by molar-refractivity contribution is -0.121. The predicted molar refractivity (Wildman–Crippen MR) is 61.3 cm³/mol. The number of rotatable bonds is 5. The van der Waals surface area contributed by atoms with Crippen LogP contribution in [0.3, 0.4) is 0 Å². The van der Waals surface area contributed by atoms with Crippen molar-refractivity contribution in [1.29, 1.82) is 0 Å².